The maximum Gasteiger partial charge on any atom is 0.472 e. The molecule has 4 heterocycles. The Hall–Kier alpha value is -4.00. The number of nitrogens with one attached hydrogen (secondary N) is 2. The van der Waals surface area contributed by atoms with Crippen LogP contribution in [0.15, 0.2) is 39.0 Å². The molecule has 636 valence electrons. The van der Waals surface area contributed by atoms with Gasteiger partial charge in [0.1, 0.15) is 23.3 Å². The van der Waals surface area contributed by atoms with Crippen LogP contribution in [0.3, 0.4) is 0 Å². The number of aliphatic hydroxyl groups excluding tert-OH is 1. The normalized spacial score (nSPS) is 17.2. The molecule has 2 fully saturated rings. The van der Waals surface area contributed by atoms with Crippen molar-refractivity contribution in [2.24, 2.45) is 0 Å². The van der Waals surface area contributed by atoms with Gasteiger partial charge in [0.2, 0.25) is 0 Å². The zero-order valence-electron chi connectivity index (χ0n) is 64.5. The fraction of sp³-hybridized carbons (Fsp3) is 0.775. The quantitative estimate of drug-likeness (QED) is 0.0113. The predicted octanol–water partition coefficient (Wildman–Crippen LogP) is 17.1. The Labute approximate surface area is 655 Å². The van der Waals surface area contributed by atoms with E-state index in [2.05, 4.69) is 42.2 Å². The molecule has 110 heavy (non-hydrogen) atoms. The molecule has 5 rings (SSSR count). The van der Waals surface area contributed by atoms with Crippen molar-refractivity contribution in [2.45, 2.75) is 318 Å². The highest BCUT2D eigenvalue weighted by Crippen LogP contribution is 2.46. The maximum absolute atomic E-state index is 13.7. The molecule has 39 heteroatoms. The molecule has 25 nitrogen and oxygen atoms in total. The molecule has 7 atom stereocenters. The molecule has 0 spiro atoms. The summed E-state index contributed by atoms with van der Waals surface area (Å²) in [5.74, 6) is -5.73. The number of alkyl halides is 6. The number of anilines is 2. The molecule has 0 aliphatic carbocycles. The smallest absolute Gasteiger partial charge is 0.393 e. The number of carbonyl (C=O) groups is 2. The average molecular weight is 1700 g/mol. The number of phosphoric ester groups is 2. The summed E-state index contributed by atoms with van der Waals surface area (Å²) >= 11 is 2.46. The number of phosphoric acid groups is 2. The van der Waals surface area contributed by atoms with Gasteiger partial charge in [0.05, 0.1) is 55.8 Å². The molecule has 2 amide bonds. The second-order valence-corrected chi connectivity index (χ2v) is 35.7. The number of aliphatic hydroxyl groups is 1. The molecule has 1 aromatic carbocycles. The van der Waals surface area contributed by atoms with Crippen LogP contribution >= 0.6 is 49.9 Å². The summed E-state index contributed by atoms with van der Waals surface area (Å²) in [6, 6.07) is 1.71. The number of rotatable bonds is 48. The number of amides is 2. The van der Waals surface area contributed by atoms with Gasteiger partial charge in [-0.25, -0.2) is 35.9 Å². The molecule has 2 aliphatic heterocycles. The van der Waals surface area contributed by atoms with E-state index in [4.69, 9.17) is 55.6 Å². The lowest BCUT2D eigenvalue weighted by atomic mass is 9.89. The lowest BCUT2D eigenvalue weighted by molar-refractivity contribution is -0.174. The molecule has 3 aromatic rings. The number of benzene rings is 1. The number of carbonyl (C=O) groups excluding carboxylic acids is 2. The van der Waals surface area contributed by atoms with Gasteiger partial charge < -0.3 is 51.4 Å². The van der Waals surface area contributed by atoms with Crippen molar-refractivity contribution in [2.75, 3.05) is 49.4 Å². The van der Waals surface area contributed by atoms with E-state index in [0.717, 1.165) is 108 Å². The molecule has 10 N–H and O–H groups in total. The molecule has 2 saturated heterocycles. The van der Waals surface area contributed by atoms with Gasteiger partial charge in [-0.1, -0.05) is 247 Å². The van der Waals surface area contributed by atoms with E-state index >= 15 is 0 Å². The highest BCUT2D eigenvalue weighted by Gasteiger charge is 2.42. The first-order valence-electron chi connectivity index (χ1n) is 38.0. The summed E-state index contributed by atoms with van der Waals surface area (Å²) < 4.78 is 177. The Kier molecular flexibility index (Phi) is 49.4. The van der Waals surface area contributed by atoms with Crippen molar-refractivity contribution in [3.05, 3.63) is 73.8 Å². The van der Waals surface area contributed by atoms with E-state index in [1.165, 1.54) is 121 Å². The molecular weight excluding hydrogens is 1580 g/mol. The first kappa shape index (κ1) is 102. The first-order chi connectivity index (χ1) is 51.5. The van der Waals surface area contributed by atoms with E-state index in [0.29, 0.717) is 29.4 Å². The van der Waals surface area contributed by atoms with Crippen molar-refractivity contribution in [3.8, 4) is 0 Å². The van der Waals surface area contributed by atoms with Crippen molar-refractivity contribution < 1.29 is 105 Å². The van der Waals surface area contributed by atoms with Gasteiger partial charge >= 0.3 is 51.2 Å². The second-order valence-electron chi connectivity index (χ2n) is 28.1. The molecule has 0 bridgehead atoms. The Morgan fingerprint density at radius 3 is 1.21 bits per heavy atom. The molecule has 2 aliphatic rings. The van der Waals surface area contributed by atoms with Crippen LogP contribution in [0.4, 0.5) is 46.8 Å². The summed E-state index contributed by atoms with van der Waals surface area (Å²) in [5, 5.41) is 12.4. The fourth-order valence-electron chi connectivity index (χ4n) is 11.5. The Balaban J connectivity index is 0.000000540. The van der Waals surface area contributed by atoms with Gasteiger partial charge in [-0.2, -0.15) is 36.3 Å². The van der Waals surface area contributed by atoms with Gasteiger partial charge in [0, 0.05) is 22.2 Å². The fourth-order valence-corrected chi connectivity index (χ4v) is 16.4. The molecule has 0 saturated carbocycles. The third-order valence-electron chi connectivity index (χ3n) is 17.7. The standard InChI is InChI=1S/C28H47F4N4O7PS.C20H39F3NO5P.C15H23ClO2S.C8H10FN3O3S/c1-2-3-4-5-6-7-8-9-10-11-12-13-14-15-16-21(34-26(37)28(30,31)32)18-41-44(39,40)42-19-24-43-23(20-45-24)36-17-22(29)25(33)35-27(36)38;1-2-3-4-5-6-7-8-9-10-11-12-13-14-15-16-18(17-29-30(26,27)28)24-19(25)20(21,22)23;1-9(2)12-7-13(10(3)4)15(19(16,17)18)14(8-12)11(5)6;9-4-1-12(8(14)11-7(4)10)5-3-16-6(2-13)15-5/h17,21,23-24H,2-16,18-20H2,1H3,(H,34,37)(H,39,40)(H2,33,35,38);18H,2-17H2,1H3,(H,24,25)(H2,26,27,28);7-11H,1-6H3;1,5-6,13H,2-3H2,(H2,10,11,14)/t21-,23+,24-;18-;;5-,6+/m11.0/s1. The van der Waals surface area contributed by atoms with Crippen LogP contribution < -0.4 is 33.5 Å². The van der Waals surface area contributed by atoms with Crippen LogP contribution in [-0.4, -0.2) is 132 Å². The summed E-state index contributed by atoms with van der Waals surface area (Å²) in [7, 11) is -7.63. The van der Waals surface area contributed by atoms with Crippen LogP contribution in [0.2, 0.25) is 0 Å². The number of nitrogens with two attached hydrogens (primary N) is 2. The van der Waals surface area contributed by atoms with Crippen molar-refractivity contribution >= 4 is 82.4 Å². The first-order valence-corrected chi connectivity index (χ1v) is 45.4. The van der Waals surface area contributed by atoms with E-state index in [1.54, 1.807) is 5.32 Å². The van der Waals surface area contributed by atoms with Crippen molar-refractivity contribution in [1.82, 2.24) is 29.7 Å². The number of thioether (sulfide) groups is 2. The van der Waals surface area contributed by atoms with Crippen LogP contribution in [0.1, 0.15) is 295 Å². The minimum atomic E-state index is -5.12. The highest BCUT2D eigenvalue weighted by molar-refractivity contribution is 8.13. The predicted molar refractivity (Wildman–Crippen MR) is 413 cm³/mol. The molecular formula is C71H119ClF8N8O17P2S3. The SMILES string of the molecule is CC(C)c1cc(C(C)C)c(S(=O)(=O)Cl)c(C(C)C)c1.CCCCCCCCCCCCCCCC[C@H](COP(=O)(O)O)NC(=O)C(F)(F)F.CCCCCCCCCCCCCCCC[C@H](COP(=O)(O)OC[C@@H]1O[C@H](n2cc(F)c(N)nc2=O)CS1)NC(=O)C(F)(F)F.Nc1nc(=O)n([C@@H]2CS[C@H](CO)O2)cc1F. The number of halogens is 9. The second kappa shape index (κ2) is 53.3. The number of nitrogens with zero attached hydrogens (tertiary/aromatic N) is 4. The van der Waals surface area contributed by atoms with E-state index in [9.17, 15) is 76.7 Å². The minimum Gasteiger partial charge on any atom is -0.393 e. The number of aromatic nitrogens is 4. The summed E-state index contributed by atoms with van der Waals surface area (Å²) in [6.07, 6.45) is 21.9. The largest absolute Gasteiger partial charge is 0.472 e. The monoisotopic (exact) mass is 1700 g/mol. The lowest BCUT2D eigenvalue weighted by Gasteiger charge is -2.21. The zero-order valence-corrected chi connectivity index (χ0v) is 69.5. The van der Waals surface area contributed by atoms with Gasteiger partial charge in [0.25, 0.3) is 9.05 Å². The van der Waals surface area contributed by atoms with Crippen molar-refractivity contribution in [3.63, 3.8) is 0 Å². The average Bonchev–Trinajstić information content (AvgIpc) is 0.939. The number of hydrogen-bond donors (Lipinski definition) is 8. The molecule has 2 aromatic heterocycles. The maximum atomic E-state index is 13.7. The molecule has 0 radical (unpaired) electrons. The Bertz CT molecular complexity index is 3470. The van der Waals surface area contributed by atoms with E-state index in [-0.39, 0.29) is 37.0 Å². The number of unbranched alkanes of at least 4 members (excludes halogenated alkanes) is 26. The van der Waals surface area contributed by atoms with Crippen LogP contribution in [0.25, 0.3) is 0 Å². The third kappa shape index (κ3) is 43.1. The van der Waals surface area contributed by atoms with E-state index < -0.39 is 139 Å². The highest BCUT2D eigenvalue weighted by atomic mass is 35.7. The minimum absolute atomic E-state index is 0.115. The third-order valence-corrected chi connectivity index (χ3v) is 22.7. The summed E-state index contributed by atoms with van der Waals surface area (Å²) in [4.78, 5) is 80.5. The van der Waals surface area contributed by atoms with Gasteiger partial charge in [-0.15, -0.1) is 23.5 Å². The van der Waals surface area contributed by atoms with Gasteiger partial charge in [0.15, 0.2) is 23.3 Å². The van der Waals surface area contributed by atoms with Gasteiger partial charge in [-0.3, -0.25) is 32.3 Å². The van der Waals surface area contributed by atoms with Gasteiger partial charge in [-0.05, 0) is 47.3 Å². The lowest BCUT2D eigenvalue weighted by Crippen LogP contribution is -2.45. The number of nitrogen functional groups attached to an aromatic ring is 2. The Morgan fingerprint density at radius 1 is 0.582 bits per heavy atom. The topological polar surface area (TPSA) is 375 Å². The van der Waals surface area contributed by atoms with Crippen LogP contribution in [0, 0.1) is 11.6 Å². The molecule has 1 unspecified atom stereocenters. The summed E-state index contributed by atoms with van der Waals surface area (Å²) in [5.41, 5.74) is 10.5. The summed E-state index contributed by atoms with van der Waals surface area (Å²) in [6.45, 7) is 14.6. The van der Waals surface area contributed by atoms with Crippen LogP contribution in [0.5, 0.6) is 0 Å². The Morgan fingerprint density at radius 2 is 0.909 bits per heavy atom. The van der Waals surface area contributed by atoms with Crippen LogP contribution in [-0.2, 0) is 50.8 Å². The van der Waals surface area contributed by atoms with Crippen molar-refractivity contribution in [1.29, 1.82) is 0 Å². The number of hydrogen-bond acceptors (Lipinski definition) is 20. The zero-order chi connectivity index (χ0) is 82.8. The van der Waals surface area contributed by atoms with E-state index in [1.807, 2.05) is 45.1 Å². The number of ether oxygens (including phenoxy) is 2.